The van der Waals surface area contributed by atoms with E-state index >= 15 is 0 Å². The molecule has 0 spiro atoms. The van der Waals surface area contributed by atoms with Gasteiger partial charge in [0.2, 0.25) is 0 Å². The molecule has 1 aromatic carbocycles. The summed E-state index contributed by atoms with van der Waals surface area (Å²) in [4.78, 5) is 9.77. The van der Waals surface area contributed by atoms with Crippen molar-refractivity contribution in [1.29, 1.82) is 0 Å². The smallest absolute Gasteiger partial charge is 0.872 e. The van der Waals surface area contributed by atoms with Gasteiger partial charge in [0.1, 0.15) is 4.90 Å². The van der Waals surface area contributed by atoms with Gasteiger partial charge in [-0.3, -0.25) is 4.55 Å². The predicted molar refractivity (Wildman–Crippen MR) is 47.1 cm³/mol. The molecule has 4 N–H and O–H groups in total. The third-order valence-electron chi connectivity index (χ3n) is 1.66. The summed E-state index contributed by atoms with van der Waals surface area (Å²) in [5.74, 6) is -2.57. The van der Waals surface area contributed by atoms with Crippen molar-refractivity contribution in [3.63, 3.8) is 0 Å². The van der Waals surface area contributed by atoms with Gasteiger partial charge >= 0.3 is 24.8 Å². The van der Waals surface area contributed by atoms with Crippen LogP contribution in [0.4, 0.5) is 5.69 Å². The Kier molecular flexibility index (Phi) is 4.40. The molecule has 1 aromatic rings. The number of rotatable bonds is 2. The second-order valence-electron chi connectivity index (χ2n) is 2.63. The molecule has 9 heteroatoms. The molecule has 0 aliphatic heterocycles. The summed E-state index contributed by atoms with van der Waals surface area (Å²) in [6.45, 7) is 0. The van der Waals surface area contributed by atoms with E-state index in [0.717, 1.165) is 6.07 Å². The quantitative estimate of drug-likeness (QED) is 0.274. The average Bonchev–Trinajstić information content (AvgIpc) is 2.00. The van der Waals surface area contributed by atoms with E-state index in [1.165, 1.54) is 0 Å². The molecule has 0 aliphatic rings. The Morgan fingerprint density at radius 1 is 1.38 bits per heavy atom. The molecule has 16 heavy (non-hydrogen) atoms. The first-order chi connectivity index (χ1) is 6.75. The molecule has 0 aromatic heterocycles. The van der Waals surface area contributed by atoms with Gasteiger partial charge in [-0.05, 0) is 6.07 Å². The van der Waals surface area contributed by atoms with Gasteiger partial charge in [0.25, 0.3) is 10.1 Å². The maximum atomic E-state index is 11.0. The summed E-state index contributed by atoms with van der Waals surface area (Å²) in [6.07, 6.45) is 0. The van der Waals surface area contributed by atoms with E-state index in [-0.39, 0.29) is 18.9 Å². The minimum atomic E-state index is -4.63. The Bertz CT molecular complexity index is 526. The van der Waals surface area contributed by atoms with Gasteiger partial charge in [0.15, 0.2) is 0 Å². The predicted octanol–water partition coefficient (Wildman–Crippen LogP) is -3.71. The second-order valence-corrected chi connectivity index (χ2v) is 4.02. The fourth-order valence-corrected chi connectivity index (χ4v) is 1.65. The number of carboxylic acids is 1. The Morgan fingerprint density at radius 2 is 1.88 bits per heavy atom. The summed E-state index contributed by atoms with van der Waals surface area (Å²) >= 11 is 0. The van der Waals surface area contributed by atoms with E-state index in [1.54, 1.807) is 0 Å². The van der Waals surface area contributed by atoms with Crippen molar-refractivity contribution in [3.8, 4) is 5.75 Å². The van der Waals surface area contributed by atoms with E-state index in [4.69, 9.17) is 15.4 Å². The number of carboxylic acid groups (broad SMARTS) is 1. The van der Waals surface area contributed by atoms with Crippen molar-refractivity contribution in [3.05, 3.63) is 17.7 Å². The Labute approximate surface area is 103 Å². The normalized spacial score (nSPS) is 10.6. The first-order valence-electron chi connectivity index (χ1n) is 3.55. The molecule has 0 saturated heterocycles. The summed E-state index contributed by atoms with van der Waals surface area (Å²) < 4.78 is 30.1. The van der Waals surface area contributed by atoms with Gasteiger partial charge in [0, 0.05) is 0 Å². The van der Waals surface area contributed by atoms with Crippen LogP contribution in [0.25, 0.3) is 0 Å². The van der Waals surface area contributed by atoms with Crippen molar-refractivity contribution in [2.75, 3.05) is 5.73 Å². The maximum absolute atomic E-state index is 11.0. The zero-order chi connectivity index (χ0) is 11.8. The summed E-state index contributed by atoms with van der Waals surface area (Å²) in [5, 5.41) is 19.6. The SMILES string of the molecule is Nc1c(S(=O)(=O)O)ccc([O-])c1C(=O)O.[Li+]. The van der Waals surface area contributed by atoms with E-state index in [2.05, 4.69) is 0 Å². The molecule has 0 radical (unpaired) electrons. The fraction of sp³-hybridized carbons (Fsp3) is 0. The van der Waals surface area contributed by atoms with Crippen LogP contribution >= 0.6 is 0 Å². The van der Waals surface area contributed by atoms with Gasteiger partial charge in [0.05, 0.1) is 11.3 Å². The van der Waals surface area contributed by atoms with Crippen LogP contribution in [0, 0.1) is 0 Å². The van der Waals surface area contributed by atoms with Crippen LogP contribution in [0.5, 0.6) is 5.75 Å². The van der Waals surface area contributed by atoms with Gasteiger partial charge in [-0.15, -0.1) is 0 Å². The number of hydrogen-bond acceptors (Lipinski definition) is 5. The molecule has 0 bridgehead atoms. The molecule has 0 saturated carbocycles. The number of aromatic carboxylic acids is 1. The second kappa shape index (κ2) is 4.76. The standard InChI is InChI=1S/C7H7NO6S.Li/c8-6-4(15(12,13)14)2-1-3(9)5(6)7(10)11;/h1-2,9H,8H2,(H,10,11)(H,12,13,14);/q;+1/p-1. The summed E-state index contributed by atoms with van der Waals surface area (Å²) in [7, 11) is -4.63. The van der Waals surface area contributed by atoms with Gasteiger partial charge in [-0.1, -0.05) is 11.8 Å². The molecule has 0 heterocycles. The molecule has 0 atom stereocenters. The van der Waals surface area contributed by atoms with Crippen LogP contribution in [0.1, 0.15) is 10.4 Å². The summed E-state index contributed by atoms with van der Waals surface area (Å²) in [6, 6.07) is 1.46. The molecular weight excluding hydrogens is 233 g/mol. The van der Waals surface area contributed by atoms with E-state index in [9.17, 15) is 18.3 Å². The van der Waals surface area contributed by atoms with Crippen LogP contribution in [0.2, 0.25) is 0 Å². The van der Waals surface area contributed by atoms with Crippen LogP contribution in [0.15, 0.2) is 17.0 Å². The molecule has 0 fully saturated rings. The molecule has 82 valence electrons. The molecule has 0 aliphatic carbocycles. The third kappa shape index (κ3) is 2.68. The van der Waals surface area contributed by atoms with Crippen molar-refractivity contribution in [1.82, 2.24) is 0 Å². The zero-order valence-corrected chi connectivity index (χ0v) is 8.98. The van der Waals surface area contributed by atoms with Crippen LogP contribution in [-0.2, 0) is 10.1 Å². The van der Waals surface area contributed by atoms with Crippen molar-refractivity contribution in [2.24, 2.45) is 0 Å². The number of hydrogen-bond donors (Lipinski definition) is 3. The topological polar surface area (TPSA) is 141 Å². The Balaban J connectivity index is 0.00000225. The average molecular weight is 239 g/mol. The van der Waals surface area contributed by atoms with Gasteiger partial charge < -0.3 is 15.9 Å². The molecule has 0 unspecified atom stereocenters. The minimum Gasteiger partial charge on any atom is -0.872 e. The molecule has 0 amide bonds. The fourth-order valence-electron chi connectivity index (χ4n) is 1.03. The third-order valence-corrected chi connectivity index (χ3v) is 2.57. The van der Waals surface area contributed by atoms with Crippen LogP contribution < -0.4 is 29.7 Å². The number of carbonyl (C=O) groups is 1. The summed E-state index contributed by atoms with van der Waals surface area (Å²) in [5.41, 5.74) is 3.51. The number of nitrogen functional groups attached to an aromatic ring is 1. The molecule has 7 nitrogen and oxygen atoms in total. The van der Waals surface area contributed by atoms with Crippen molar-refractivity contribution >= 4 is 21.8 Å². The first kappa shape index (κ1) is 14.8. The van der Waals surface area contributed by atoms with Gasteiger partial charge in [-0.2, -0.15) is 8.42 Å². The number of benzene rings is 1. The van der Waals surface area contributed by atoms with Gasteiger partial charge in [-0.25, -0.2) is 4.79 Å². The maximum Gasteiger partial charge on any atom is 1.00 e. The van der Waals surface area contributed by atoms with E-state index in [1.807, 2.05) is 0 Å². The number of nitrogens with two attached hydrogens (primary N) is 1. The minimum absolute atomic E-state index is 0. The van der Waals surface area contributed by atoms with Crippen molar-refractivity contribution in [2.45, 2.75) is 4.90 Å². The number of anilines is 1. The first-order valence-corrected chi connectivity index (χ1v) is 4.99. The van der Waals surface area contributed by atoms with E-state index in [0.29, 0.717) is 6.07 Å². The van der Waals surface area contributed by atoms with Crippen molar-refractivity contribution < 1.29 is 46.8 Å². The Morgan fingerprint density at radius 3 is 2.25 bits per heavy atom. The molecular formula is C7H6LiNO6S. The monoisotopic (exact) mass is 239 g/mol. The zero-order valence-electron chi connectivity index (χ0n) is 8.17. The van der Waals surface area contributed by atoms with E-state index < -0.39 is 38.0 Å². The molecule has 1 rings (SSSR count). The van der Waals surface area contributed by atoms with Crippen LogP contribution in [0.3, 0.4) is 0 Å². The Hall–Kier alpha value is -1.20. The van der Waals surface area contributed by atoms with Crippen LogP contribution in [-0.4, -0.2) is 24.0 Å². The largest absolute Gasteiger partial charge is 1.00 e.